The highest BCUT2D eigenvalue weighted by atomic mass is 35.5. The predicted molar refractivity (Wildman–Crippen MR) is 83.2 cm³/mol. The molecule has 9 heteroatoms. The van der Waals surface area contributed by atoms with Crippen molar-refractivity contribution in [1.82, 2.24) is 15.6 Å². The topological polar surface area (TPSA) is 88.6 Å². The van der Waals surface area contributed by atoms with Crippen molar-refractivity contribution < 1.29 is 14.3 Å². The molecule has 0 bridgehead atoms. The number of H-pyrrole nitrogens is 1. The van der Waals surface area contributed by atoms with Crippen LogP contribution >= 0.6 is 24.0 Å². The summed E-state index contributed by atoms with van der Waals surface area (Å²) in [5.41, 5.74) is 4.04. The van der Waals surface area contributed by atoms with Crippen molar-refractivity contribution >= 4 is 36.1 Å². The molecule has 3 rings (SSSR count). The van der Waals surface area contributed by atoms with Gasteiger partial charge in [-0.3, -0.25) is 9.89 Å². The number of aryl methyl sites for hydroxylation is 1. The number of hydrogen-bond acceptors (Lipinski definition) is 5. The van der Waals surface area contributed by atoms with E-state index in [4.69, 9.17) is 21.1 Å². The predicted octanol–water partition coefficient (Wildman–Crippen LogP) is 2.29. The van der Waals surface area contributed by atoms with E-state index in [1.54, 1.807) is 25.1 Å². The SMILES string of the molecule is Cc1cc(C(=O)NN=Cc2cc3c(cc2Cl)OCO3)n[nH]1.Cl. The van der Waals surface area contributed by atoms with Crippen LogP contribution in [-0.2, 0) is 0 Å². The summed E-state index contributed by atoms with van der Waals surface area (Å²) in [6.07, 6.45) is 1.43. The van der Waals surface area contributed by atoms with Gasteiger partial charge in [0, 0.05) is 17.3 Å². The Bertz CT molecular complexity index is 730. The van der Waals surface area contributed by atoms with E-state index in [-0.39, 0.29) is 24.9 Å². The van der Waals surface area contributed by atoms with Crippen molar-refractivity contribution in [2.45, 2.75) is 6.92 Å². The molecule has 0 spiro atoms. The van der Waals surface area contributed by atoms with E-state index in [1.807, 2.05) is 0 Å². The zero-order valence-corrected chi connectivity index (χ0v) is 13.0. The molecule has 22 heavy (non-hydrogen) atoms. The molecule has 0 saturated carbocycles. The maximum atomic E-state index is 11.7. The highest BCUT2D eigenvalue weighted by Gasteiger charge is 2.15. The normalized spacial score (nSPS) is 12.3. The van der Waals surface area contributed by atoms with Gasteiger partial charge in [0.15, 0.2) is 17.2 Å². The van der Waals surface area contributed by atoms with Crippen LogP contribution in [0.3, 0.4) is 0 Å². The summed E-state index contributed by atoms with van der Waals surface area (Å²) >= 11 is 6.09. The molecular weight excluding hydrogens is 331 g/mol. The minimum Gasteiger partial charge on any atom is -0.454 e. The van der Waals surface area contributed by atoms with Gasteiger partial charge in [0.25, 0.3) is 5.91 Å². The van der Waals surface area contributed by atoms with Gasteiger partial charge in [0.05, 0.1) is 11.2 Å². The summed E-state index contributed by atoms with van der Waals surface area (Å²) in [6, 6.07) is 4.96. The van der Waals surface area contributed by atoms with E-state index in [1.165, 1.54) is 6.21 Å². The van der Waals surface area contributed by atoms with E-state index >= 15 is 0 Å². The summed E-state index contributed by atoms with van der Waals surface area (Å²) < 4.78 is 10.5. The molecule has 1 aliphatic heterocycles. The Balaban J connectivity index is 0.00000176. The fraction of sp³-hybridized carbons (Fsp3) is 0.154. The molecule has 0 unspecified atom stereocenters. The molecule has 7 nitrogen and oxygen atoms in total. The first-order valence-electron chi connectivity index (χ1n) is 6.08. The number of hydrogen-bond donors (Lipinski definition) is 2. The monoisotopic (exact) mass is 342 g/mol. The van der Waals surface area contributed by atoms with Gasteiger partial charge in [-0.2, -0.15) is 10.2 Å². The van der Waals surface area contributed by atoms with Crippen LogP contribution in [0.5, 0.6) is 11.5 Å². The molecule has 1 aliphatic rings. The van der Waals surface area contributed by atoms with Crippen molar-refractivity contribution in [3.05, 3.63) is 40.2 Å². The number of carbonyl (C=O) groups is 1. The van der Waals surface area contributed by atoms with Crippen molar-refractivity contribution in [1.29, 1.82) is 0 Å². The van der Waals surface area contributed by atoms with Crippen LogP contribution in [-0.4, -0.2) is 29.1 Å². The van der Waals surface area contributed by atoms with Crippen LogP contribution in [0.15, 0.2) is 23.3 Å². The largest absolute Gasteiger partial charge is 0.454 e. The molecule has 2 N–H and O–H groups in total. The van der Waals surface area contributed by atoms with Gasteiger partial charge < -0.3 is 9.47 Å². The smallest absolute Gasteiger partial charge is 0.291 e. The molecule has 2 aromatic rings. The van der Waals surface area contributed by atoms with Crippen LogP contribution in [0.2, 0.25) is 5.02 Å². The van der Waals surface area contributed by atoms with Gasteiger partial charge in [-0.25, -0.2) is 5.43 Å². The highest BCUT2D eigenvalue weighted by Crippen LogP contribution is 2.36. The summed E-state index contributed by atoms with van der Waals surface area (Å²) in [4.78, 5) is 11.7. The maximum absolute atomic E-state index is 11.7. The molecule has 1 aromatic carbocycles. The summed E-state index contributed by atoms with van der Waals surface area (Å²) in [7, 11) is 0. The second-order valence-electron chi connectivity index (χ2n) is 4.36. The number of aromatic amines is 1. The first-order valence-corrected chi connectivity index (χ1v) is 6.46. The molecule has 0 atom stereocenters. The Kier molecular flexibility index (Phi) is 4.89. The number of hydrazone groups is 1. The summed E-state index contributed by atoms with van der Waals surface area (Å²) in [5, 5.41) is 10.8. The first kappa shape index (κ1) is 16.1. The van der Waals surface area contributed by atoms with Crippen LogP contribution in [0.25, 0.3) is 0 Å². The second kappa shape index (κ2) is 6.67. The molecule has 116 valence electrons. The van der Waals surface area contributed by atoms with Crippen molar-refractivity contribution in [3.8, 4) is 11.5 Å². The van der Waals surface area contributed by atoms with Crippen molar-refractivity contribution in [2.75, 3.05) is 6.79 Å². The number of nitrogens with one attached hydrogen (secondary N) is 2. The standard InChI is InChI=1S/C13H11ClN4O3.ClH/c1-7-2-10(17-16-7)13(19)18-15-5-8-3-11-12(4-9(8)14)21-6-20-11;/h2-5H,6H2,1H3,(H,16,17)(H,18,19);1H. The van der Waals surface area contributed by atoms with Gasteiger partial charge in [-0.1, -0.05) is 11.6 Å². The molecule has 0 fully saturated rings. The van der Waals surface area contributed by atoms with Crippen molar-refractivity contribution in [3.63, 3.8) is 0 Å². The fourth-order valence-electron chi connectivity index (χ4n) is 1.78. The maximum Gasteiger partial charge on any atom is 0.291 e. The zero-order chi connectivity index (χ0) is 14.8. The number of benzene rings is 1. The van der Waals surface area contributed by atoms with Crippen LogP contribution in [0, 0.1) is 6.92 Å². The number of ether oxygens (including phenoxy) is 2. The van der Waals surface area contributed by atoms with Gasteiger partial charge in [-0.15, -0.1) is 12.4 Å². The quantitative estimate of drug-likeness (QED) is 0.661. The Morgan fingerprint density at radius 3 is 2.82 bits per heavy atom. The second-order valence-corrected chi connectivity index (χ2v) is 4.77. The Morgan fingerprint density at radius 1 is 1.41 bits per heavy atom. The fourth-order valence-corrected chi connectivity index (χ4v) is 1.99. The average molecular weight is 343 g/mol. The van der Waals surface area contributed by atoms with Gasteiger partial charge in [0.2, 0.25) is 6.79 Å². The van der Waals surface area contributed by atoms with Gasteiger partial charge >= 0.3 is 0 Å². The number of amides is 1. The number of carbonyl (C=O) groups excluding carboxylic acids is 1. The molecular formula is C13H12Cl2N4O3. The Hall–Kier alpha value is -2.25. The van der Waals surface area contributed by atoms with E-state index in [0.29, 0.717) is 22.1 Å². The lowest BCUT2D eigenvalue weighted by Gasteiger charge is -2.01. The van der Waals surface area contributed by atoms with E-state index in [0.717, 1.165) is 5.69 Å². The third-order valence-corrected chi connectivity index (χ3v) is 3.13. The third kappa shape index (κ3) is 3.32. The molecule has 0 aliphatic carbocycles. The zero-order valence-electron chi connectivity index (χ0n) is 11.4. The highest BCUT2D eigenvalue weighted by molar-refractivity contribution is 6.33. The number of fused-ring (bicyclic) bond motifs is 1. The minimum atomic E-state index is -0.410. The molecule has 0 saturated heterocycles. The lowest BCUT2D eigenvalue weighted by molar-refractivity contribution is 0.0950. The summed E-state index contributed by atoms with van der Waals surface area (Å²) in [5.74, 6) is 0.774. The number of aromatic nitrogens is 2. The lowest BCUT2D eigenvalue weighted by atomic mass is 10.2. The van der Waals surface area contributed by atoms with Crippen LogP contribution in [0.1, 0.15) is 21.7 Å². The minimum absolute atomic E-state index is 0. The average Bonchev–Trinajstić information content (AvgIpc) is 3.07. The van der Waals surface area contributed by atoms with E-state index < -0.39 is 5.91 Å². The van der Waals surface area contributed by atoms with Crippen LogP contribution in [0.4, 0.5) is 0 Å². The molecule has 1 amide bonds. The van der Waals surface area contributed by atoms with Gasteiger partial charge in [-0.05, 0) is 19.1 Å². The number of rotatable bonds is 3. The van der Waals surface area contributed by atoms with Gasteiger partial charge in [0.1, 0.15) is 0 Å². The lowest BCUT2D eigenvalue weighted by Crippen LogP contribution is -2.18. The Labute approximate surface area is 137 Å². The Morgan fingerprint density at radius 2 is 2.14 bits per heavy atom. The summed E-state index contributed by atoms with van der Waals surface area (Å²) in [6.45, 7) is 1.97. The van der Waals surface area contributed by atoms with E-state index in [9.17, 15) is 4.79 Å². The molecule has 2 heterocycles. The van der Waals surface area contributed by atoms with Crippen LogP contribution < -0.4 is 14.9 Å². The van der Waals surface area contributed by atoms with Crippen molar-refractivity contribution in [2.24, 2.45) is 5.10 Å². The third-order valence-electron chi connectivity index (χ3n) is 2.80. The first-order chi connectivity index (χ1) is 10.1. The number of halogens is 2. The molecule has 0 radical (unpaired) electrons. The molecule has 1 aromatic heterocycles. The number of nitrogens with zero attached hydrogens (tertiary/aromatic N) is 2. The van der Waals surface area contributed by atoms with E-state index in [2.05, 4.69) is 20.7 Å².